The average Bonchev–Trinajstić information content (AvgIpc) is 3.07. The number of nitrogens with zero attached hydrogens (tertiary/aromatic N) is 2. The number of fused-ring (bicyclic) bond motifs is 1. The molecule has 1 amide bonds. The Bertz CT molecular complexity index is 1020. The fraction of sp³-hybridized carbons (Fsp3) is 0.0526. The third kappa shape index (κ3) is 2.62. The number of hydrogen-bond acceptors (Lipinski definition) is 2. The number of aryl methyl sites for hydroxylation is 1. The molecule has 0 atom stereocenters. The molecule has 25 heavy (non-hydrogen) atoms. The standard InChI is InChI=1S/C19H13ClFN3O/c1-11-15(10-16-14-4-2-3-5-17(14)22-19(16)25)18(20)24(23-11)13-8-6-12(21)7-9-13/h2-10H,1H3,(H,22,25)/b16-10-. The smallest absolute Gasteiger partial charge is 0.256 e. The molecule has 0 radical (unpaired) electrons. The lowest BCUT2D eigenvalue weighted by atomic mass is 10.0. The molecule has 1 aromatic heterocycles. The quantitative estimate of drug-likeness (QED) is 0.691. The molecule has 0 aliphatic carbocycles. The van der Waals surface area contributed by atoms with Gasteiger partial charge >= 0.3 is 0 Å². The number of rotatable bonds is 2. The maximum atomic E-state index is 13.1. The van der Waals surface area contributed by atoms with Gasteiger partial charge in [-0.3, -0.25) is 4.79 Å². The molecule has 1 aliphatic rings. The van der Waals surface area contributed by atoms with Crippen LogP contribution >= 0.6 is 11.6 Å². The molecule has 2 aromatic carbocycles. The molecule has 3 aromatic rings. The molecule has 124 valence electrons. The molecule has 4 rings (SSSR count). The SMILES string of the molecule is Cc1nn(-c2ccc(F)cc2)c(Cl)c1/C=C1\C(=O)Nc2ccccc21. The van der Waals surface area contributed by atoms with E-state index < -0.39 is 0 Å². The van der Waals surface area contributed by atoms with E-state index in [0.717, 1.165) is 11.3 Å². The first kappa shape index (κ1) is 15.6. The van der Waals surface area contributed by atoms with Crippen LogP contribution in [0.1, 0.15) is 16.8 Å². The Morgan fingerprint density at radius 3 is 2.64 bits per heavy atom. The fourth-order valence-electron chi connectivity index (χ4n) is 2.86. The highest BCUT2D eigenvalue weighted by molar-refractivity contribution is 6.36. The van der Waals surface area contributed by atoms with Crippen LogP contribution in [0.5, 0.6) is 0 Å². The topological polar surface area (TPSA) is 46.9 Å². The van der Waals surface area contributed by atoms with Gasteiger partial charge in [0.2, 0.25) is 0 Å². The van der Waals surface area contributed by atoms with Crippen molar-refractivity contribution in [1.82, 2.24) is 9.78 Å². The minimum absolute atomic E-state index is 0.175. The highest BCUT2D eigenvalue weighted by atomic mass is 35.5. The number of halogens is 2. The molecule has 1 N–H and O–H groups in total. The molecule has 0 unspecified atom stereocenters. The van der Waals surface area contributed by atoms with E-state index in [1.165, 1.54) is 16.8 Å². The Hall–Kier alpha value is -2.92. The Labute approximate surface area is 148 Å². The van der Waals surface area contributed by atoms with E-state index in [9.17, 15) is 9.18 Å². The number of anilines is 1. The van der Waals surface area contributed by atoms with E-state index in [4.69, 9.17) is 11.6 Å². The highest BCUT2D eigenvalue weighted by Crippen LogP contribution is 2.35. The van der Waals surface area contributed by atoms with Gasteiger partial charge in [0.05, 0.1) is 11.4 Å². The molecule has 0 saturated heterocycles. The van der Waals surface area contributed by atoms with Crippen LogP contribution in [0.15, 0.2) is 48.5 Å². The largest absolute Gasteiger partial charge is 0.321 e. The zero-order valence-electron chi connectivity index (χ0n) is 13.3. The second kappa shape index (κ2) is 5.86. The van der Waals surface area contributed by atoms with Crippen molar-refractivity contribution in [2.24, 2.45) is 0 Å². The van der Waals surface area contributed by atoms with Gasteiger partial charge in [0.1, 0.15) is 11.0 Å². The van der Waals surface area contributed by atoms with Crippen LogP contribution in [0.3, 0.4) is 0 Å². The molecular weight excluding hydrogens is 341 g/mol. The van der Waals surface area contributed by atoms with Gasteiger partial charge in [-0.05, 0) is 43.3 Å². The van der Waals surface area contributed by atoms with Crippen molar-refractivity contribution in [2.45, 2.75) is 6.92 Å². The first-order chi connectivity index (χ1) is 12.0. The Morgan fingerprint density at radius 1 is 1.16 bits per heavy atom. The summed E-state index contributed by atoms with van der Waals surface area (Å²) in [7, 11) is 0. The van der Waals surface area contributed by atoms with Crippen LogP contribution in [0.25, 0.3) is 17.3 Å². The first-order valence-corrected chi connectivity index (χ1v) is 8.06. The maximum Gasteiger partial charge on any atom is 0.256 e. The van der Waals surface area contributed by atoms with Crippen LogP contribution in [-0.2, 0) is 4.79 Å². The van der Waals surface area contributed by atoms with Gasteiger partial charge in [0.15, 0.2) is 0 Å². The summed E-state index contributed by atoms with van der Waals surface area (Å²) in [4.78, 5) is 12.3. The van der Waals surface area contributed by atoms with Crippen molar-refractivity contribution in [1.29, 1.82) is 0 Å². The van der Waals surface area contributed by atoms with E-state index in [1.807, 2.05) is 31.2 Å². The Balaban J connectivity index is 1.82. The molecule has 4 nitrogen and oxygen atoms in total. The van der Waals surface area contributed by atoms with Crippen molar-refractivity contribution in [3.8, 4) is 5.69 Å². The molecule has 0 spiro atoms. The van der Waals surface area contributed by atoms with Gasteiger partial charge < -0.3 is 5.32 Å². The molecular formula is C19H13ClFN3O. The minimum Gasteiger partial charge on any atom is -0.321 e. The normalized spacial score (nSPS) is 14.7. The lowest BCUT2D eigenvalue weighted by Gasteiger charge is -2.03. The number of para-hydroxylation sites is 1. The lowest BCUT2D eigenvalue weighted by Crippen LogP contribution is -2.03. The lowest BCUT2D eigenvalue weighted by molar-refractivity contribution is -0.110. The van der Waals surface area contributed by atoms with Gasteiger partial charge in [0, 0.05) is 22.4 Å². The van der Waals surface area contributed by atoms with Crippen molar-refractivity contribution >= 4 is 34.8 Å². The number of aromatic nitrogens is 2. The number of nitrogens with one attached hydrogen (secondary N) is 1. The number of benzene rings is 2. The van der Waals surface area contributed by atoms with Crippen LogP contribution < -0.4 is 5.32 Å². The summed E-state index contributed by atoms with van der Waals surface area (Å²) in [6.45, 7) is 1.82. The van der Waals surface area contributed by atoms with Crippen molar-refractivity contribution in [2.75, 3.05) is 5.32 Å². The van der Waals surface area contributed by atoms with Gasteiger partial charge in [0.25, 0.3) is 5.91 Å². The van der Waals surface area contributed by atoms with E-state index in [0.29, 0.717) is 27.7 Å². The van der Waals surface area contributed by atoms with Gasteiger partial charge in [-0.25, -0.2) is 9.07 Å². The zero-order valence-corrected chi connectivity index (χ0v) is 14.0. The summed E-state index contributed by atoms with van der Waals surface area (Å²) in [6, 6.07) is 13.4. The van der Waals surface area contributed by atoms with Gasteiger partial charge in [-0.2, -0.15) is 5.10 Å². The molecule has 1 aliphatic heterocycles. The van der Waals surface area contributed by atoms with E-state index in [2.05, 4.69) is 10.4 Å². The second-order valence-electron chi connectivity index (χ2n) is 5.74. The Morgan fingerprint density at radius 2 is 1.88 bits per heavy atom. The van der Waals surface area contributed by atoms with Crippen LogP contribution in [0.4, 0.5) is 10.1 Å². The molecule has 0 bridgehead atoms. The second-order valence-corrected chi connectivity index (χ2v) is 6.09. The summed E-state index contributed by atoms with van der Waals surface area (Å²) in [5.74, 6) is -0.503. The molecule has 6 heteroatoms. The van der Waals surface area contributed by atoms with Crippen molar-refractivity contribution in [3.63, 3.8) is 0 Å². The molecule has 0 fully saturated rings. The van der Waals surface area contributed by atoms with E-state index >= 15 is 0 Å². The summed E-state index contributed by atoms with van der Waals surface area (Å²) >= 11 is 6.49. The van der Waals surface area contributed by atoms with E-state index in [1.54, 1.807) is 18.2 Å². The summed E-state index contributed by atoms with van der Waals surface area (Å²) < 4.78 is 14.7. The van der Waals surface area contributed by atoms with E-state index in [-0.39, 0.29) is 11.7 Å². The predicted octanol–water partition coefficient (Wildman–Crippen LogP) is 4.47. The summed E-state index contributed by atoms with van der Waals surface area (Å²) in [6.07, 6.45) is 1.74. The average molecular weight is 354 g/mol. The van der Waals surface area contributed by atoms with Crippen molar-refractivity contribution in [3.05, 3.63) is 76.3 Å². The van der Waals surface area contributed by atoms with Crippen LogP contribution in [0.2, 0.25) is 5.15 Å². The third-order valence-corrected chi connectivity index (χ3v) is 4.48. The number of amides is 1. The predicted molar refractivity (Wildman–Crippen MR) is 96.2 cm³/mol. The van der Waals surface area contributed by atoms with Gasteiger partial charge in [-0.15, -0.1) is 0 Å². The molecule has 0 saturated carbocycles. The third-order valence-electron chi connectivity index (χ3n) is 4.12. The number of carbonyl (C=O) groups is 1. The van der Waals surface area contributed by atoms with Crippen LogP contribution in [0, 0.1) is 12.7 Å². The van der Waals surface area contributed by atoms with Gasteiger partial charge in [-0.1, -0.05) is 29.8 Å². The first-order valence-electron chi connectivity index (χ1n) is 7.68. The summed E-state index contributed by atoms with van der Waals surface area (Å²) in [5.41, 5.74) is 4.14. The monoisotopic (exact) mass is 353 g/mol. The van der Waals surface area contributed by atoms with Crippen molar-refractivity contribution < 1.29 is 9.18 Å². The Kier molecular flexibility index (Phi) is 3.66. The number of carbonyl (C=O) groups excluding carboxylic acids is 1. The maximum absolute atomic E-state index is 13.1. The molecule has 2 heterocycles. The van der Waals surface area contributed by atoms with Crippen LogP contribution in [-0.4, -0.2) is 15.7 Å². The number of hydrogen-bond donors (Lipinski definition) is 1. The highest BCUT2D eigenvalue weighted by Gasteiger charge is 2.25. The fourth-order valence-corrected chi connectivity index (χ4v) is 3.18. The minimum atomic E-state index is -0.328. The summed E-state index contributed by atoms with van der Waals surface area (Å²) in [5, 5.41) is 7.62. The zero-order chi connectivity index (χ0) is 17.6.